The predicted octanol–water partition coefficient (Wildman–Crippen LogP) is 2.51. The number of nitro benzene ring substituents is 1. The van der Waals surface area contributed by atoms with Gasteiger partial charge in [0.1, 0.15) is 0 Å². The molecule has 3 rings (SSSR count). The lowest BCUT2D eigenvalue weighted by Gasteiger charge is -2.17. The number of amides is 1. The number of benzene rings is 1. The van der Waals surface area contributed by atoms with Crippen LogP contribution in [0.25, 0.3) is 0 Å². The molecule has 0 saturated carbocycles. The van der Waals surface area contributed by atoms with Crippen LogP contribution in [-0.4, -0.2) is 22.4 Å². The topological polar surface area (TPSA) is 76.3 Å². The maximum Gasteiger partial charge on any atom is 0.271 e. The van der Waals surface area contributed by atoms with Crippen molar-refractivity contribution < 1.29 is 9.72 Å². The third-order valence-electron chi connectivity index (χ3n) is 3.83. The van der Waals surface area contributed by atoms with Gasteiger partial charge in [0.2, 0.25) is 5.91 Å². The summed E-state index contributed by atoms with van der Waals surface area (Å²) >= 11 is 0. The maximum atomic E-state index is 12.4. The third-order valence-corrected chi connectivity index (χ3v) is 3.83. The Kier molecular flexibility index (Phi) is 3.82. The number of fused-ring (bicyclic) bond motifs is 1. The van der Waals surface area contributed by atoms with Gasteiger partial charge >= 0.3 is 0 Å². The van der Waals surface area contributed by atoms with Crippen LogP contribution < -0.4 is 4.90 Å². The van der Waals surface area contributed by atoms with E-state index >= 15 is 0 Å². The van der Waals surface area contributed by atoms with E-state index in [1.54, 1.807) is 23.4 Å². The van der Waals surface area contributed by atoms with E-state index in [0.717, 1.165) is 17.5 Å². The predicted molar refractivity (Wildman–Crippen MR) is 81.7 cm³/mol. The van der Waals surface area contributed by atoms with Crippen molar-refractivity contribution in [2.24, 2.45) is 0 Å². The lowest BCUT2D eigenvalue weighted by atomic mass is 10.1. The van der Waals surface area contributed by atoms with Gasteiger partial charge in [-0.15, -0.1) is 0 Å². The van der Waals surface area contributed by atoms with Crippen LogP contribution in [-0.2, 0) is 17.6 Å². The zero-order chi connectivity index (χ0) is 15.5. The number of hydrogen-bond donors (Lipinski definition) is 0. The van der Waals surface area contributed by atoms with Gasteiger partial charge in [0.05, 0.1) is 10.6 Å². The Bertz CT molecular complexity index is 716. The highest BCUT2D eigenvalue weighted by atomic mass is 16.6. The number of carbonyl (C=O) groups is 1. The molecule has 1 amide bonds. The second kappa shape index (κ2) is 5.93. The number of aryl methyl sites for hydroxylation is 1. The largest absolute Gasteiger partial charge is 0.312 e. The smallest absolute Gasteiger partial charge is 0.271 e. The summed E-state index contributed by atoms with van der Waals surface area (Å²) in [5.74, 6) is -0.0110. The first-order chi connectivity index (χ1) is 10.6. The van der Waals surface area contributed by atoms with Crippen LogP contribution in [0, 0.1) is 10.1 Å². The summed E-state index contributed by atoms with van der Waals surface area (Å²) in [6.45, 7) is 0.586. The van der Waals surface area contributed by atoms with Crippen molar-refractivity contribution in [3.63, 3.8) is 0 Å². The molecule has 1 aromatic heterocycles. The van der Waals surface area contributed by atoms with Gasteiger partial charge in [0.25, 0.3) is 5.69 Å². The molecule has 0 fully saturated rings. The summed E-state index contributed by atoms with van der Waals surface area (Å²) in [5, 5.41) is 10.9. The number of rotatable bonds is 4. The van der Waals surface area contributed by atoms with E-state index in [9.17, 15) is 14.9 Å². The summed E-state index contributed by atoms with van der Waals surface area (Å²) < 4.78 is 0. The third kappa shape index (κ3) is 2.81. The molecule has 6 heteroatoms. The molecule has 0 unspecified atom stereocenters. The number of anilines is 1. The number of carbonyl (C=O) groups excluding carboxylic acids is 1. The van der Waals surface area contributed by atoms with Crippen molar-refractivity contribution in [3.8, 4) is 0 Å². The fourth-order valence-corrected chi connectivity index (χ4v) is 2.67. The van der Waals surface area contributed by atoms with Crippen molar-refractivity contribution in [2.75, 3.05) is 11.4 Å². The average molecular weight is 297 g/mol. The van der Waals surface area contributed by atoms with E-state index < -0.39 is 4.92 Å². The molecule has 1 aliphatic rings. The van der Waals surface area contributed by atoms with Gasteiger partial charge in [-0.3, -0.25) is 19.9 Å². The number of nitrogens with zero attached hydrogens (tertiary/aromatic N) is 3. The highest BCUT2D eigenvalue weighted by molar-refractivity contribution is 5.96. The van der Waals surface area contributed by atoms with E-state index in [1.807, 2.05) is 12.1 Å². The van der Waals surface area contributed by atoms with Crippen LogP contribution in [0.3, 0.4) is 0 Å². The highest BCUT2D eigenvalue weighted by Gasteiger charge is 2.26. The molecule has 0 N–H and O–H groups in total. The Labute approximate surface area is 127 Å². The first kappa shape index (κ1) is 14.2. The van der Waals surface area contributed by atoms with Gasteiger partial charge < -0.3 is 4.90 Å². The molecule has 2 aromatic rings. The van der Waals surface area contributed by atoms with Crippen molar-refractivity contribution in [2.45, 2.75) is 19.3 Å². The minimum Gasteiger partial charge on any atom is -0.312 e. The normalized spacial score (nSPS) is 13.0. The van der Waals surface area contributed by atoms with Crippen LogP contribution in [0.2, 0.25) is 0 Å². The lowest BCUT2D eigenvalue weighted by Crippen LogP contribution is -2.29. The van der Waals surface area contributed by atoms with Crippen molar-refractivity contribution in [3.05, 3.63) is 64.0 Å². The van der Waals surface area contributed by atoms with Crippen LogP contribution in [0.1, 0.15) is 17.5 Å². The number of non-ortho nitro benzene ring substituents is 1. The summed E-state index contributed by atoms with van der Waals surface area (Å²) in [6, 6.07) is 8.49. The Morgan fingerprint density at radius 3 is 2.95 bits per heavy atom. The molecule has 0 spiro atoms. The molecule has 2 heterocycles. The standard InChI is InChI=1S/C16H15N3O3/c20-16(6-3-12-2-1-8-17-11-12)18-9-7-13-4-5-14(19(21)22)10-15(13)18/h1-2,4-5,8,10-11H,3,6-7,9H2. The molecule has 0 saturated heterocycles. The molecule has 1 aliphatic heterocycles. The van der Waals surface area contributed by atoms with Crippen molar-refractivity contribution >= 4 is 17.3 Å². The molecule has 0 bridgehead atoms. The van der Waals surface area contributed by atoms with Crippen LogP contribution in [0.5, 0.6) is 0 Å². The average Bonchev–Trinajstić information content (AvgIpc) is 2.96. The summed E-state index contributed by atoms with van der Waals surface area (Å²) in [5.41, 5.74) is 2.69. The van der Waals surface area contributed by atoms with Crippen molar-refractivity contribution in [1.29, 1.82) is 0 Å². The van der Waals surface area contributed by atoms with Gasteiger partial charge in [-0.25, -0.2) is 0 Å². The SMILES string of the molecule is O=C(CCc1cccnc1)N1CCc2ccc([N+](=O)[O-])cc21. The lowest BCUT2D eigenvalue weighted by molar-refractivity contribution is -0.384. The summed E-state index contributed by atoms with van der Waals surface area (Å²) in [4.78, 5) is 28.5. The monoisotopic (exact) mass is 297 g/mol. The first-order valence-electron chi connectivity index (χ1n) is 7.12. The molecular weight excluding hydrogens is 282 g/mol. The first-order valence-corrected chi connectivity index (χ1v) is 7.12. The summed E-state index contributed by atoms with van der Waals surface area (Å²) in [7, 11) is 0. The number of nitro groups is 1. The summed E-state index contributed by atoms with van der Waals surface area (Å²) in [6.07, 6.45) is 5.17. The number of aromatic nitrogens is 1. The van der Waals surface area contributed by atoms with E-state index in [-0.39, 0.29) is 11.6 Å². The molecule has 0 radical (unpaired) electrons. The van der Waals surface area contributed by atoms with Gasteiger partial charge in [-0.2, -0.15) is 0 Å². The Balaban J connectivity index is 1.73. The Hall–Kier alpha value is -2.76. The van der Waals surface area contributed by atoms with Gasteiger partial charge in [0, 0.05) is 37.5 Å². The van der Waals surface area contributed by atoms with Crippen LogP contribution in [0.4, 0.5) is 11.4 Å². The molecular formula is C16H15N3O3. The van der Waals surface area contributed by atoms with E-state index in [0.29, 0.717) is 25.1 Å². The second-order valence-electron chi connectivity index (χ2n) is 5.23. The molecule has 6 nitrogen and oxygen atoms in total. The fraction of sp³-hybridized carbons (Fsp3) is 0.250. The zero-order valence-electron chi connectivity index (χ0n) is 11.9. The number of pyridine rings is 1. The van der Waals surface area contributed by atoms with E-state index in [4.69, 9.17) is 0 Å². The minimum absolute atomic E-state index is 0.0110. The molecule has 0 aliphatic carbocycles. The van der Waals surface area contributed by atoms with E-state index in [2.05, 4.69) is 4.98 Å². The maximum absolute atomic E-state index is 12.4. The highest BCUT2D eigenvalue weighted by Crippen LogP contribution is 2.32. The zero-order valence-corrected chi connectivity index (χ0v) is 11.9. The Morgan fingerprint density at radius 1 is 1.36 bits per heavy atom. The van der Waals surface area contributed by atoms with Gasteiger partial charge in [-0.1, -0.05) is 12.1 Å². The number of hydrogen-bond acceptors (Lipinski definition) is 4. The van der Waals surface area contributed by atoms with Gasteiger partial charge in [-0.05, 0) is 30.0 Å². The fourth-order valence-electron chi connectivity index (χ4n) is 2.67. The second-order valence-corrected chi connectivity index (χ2v) is 5.23. The molecule has 22 heavy (non-hydrogen) atoms. The van der Waals surface area contributed by atoms with Gasteiger partial charge in [0.15, 0.2) is 0 Å². The molecule has 0 atom stereocenters. The van der Waals surface area contributed by atoms with Crippen LogP contribution >= 0.6 is 0 Å². The van der Waals surface area contributed by atoms with Crippen LogP contribution in [0.15, 0.2) is 42.7 Å². The quantitative estimate of drug-likeness (QED) is 0.642. The molecule has 112 valence electrons. The van der Waals surface area contributed by atoms with Crippen molar-refractivity contribution in [1.82, 2.24) is 4.98 Å². The Morgan fingerprint density at radius 2 is 2.23 bits per heavy atom. The molecule has 1 aromatic carbocycles. The van der Waals surface area contributed by atoms with E-state index in [1.165, 1.54) is 12.1 Å². The minimum atomic E-state index is -0.434.